The van der Waals surface area contributed by atoms with Crippen molar-refractivity contribution in [2.24, 2.45) is 4.99 Å². The van der Waals surface area contributed by atoms with Crippen LogP contribution < -0.4 is 19.6 Å². The highest BCUT2D eigenvalue weighted by Crippen LogP contribution is 2.41. The van der Waals surface area contributed by atoms with E-state index in [0.717, 1.165) is 39.2 Å². The third-order valence-corrected chi connectivity index (χ3v) is 9.88. The number of fused-ring (bicyclic) bond motifs is 3. The molecule has 0 saturated heterocycles. The van der Waals surface area contributed by atoms with Gasteiger partial charge < -0.3 is 14.0 Å². The van der Waals surface area contributed by atoms with Crippen molar-refractivity contribution < 1.29 is 14.3 Å². The quantitative estimate of drug-likeness (QED) is 0.162. The fourth-order valence-corrected chi connectivity index (χ4v) is 7.75. The van der Waals surface area contributed by atoms with Crippen LogP contribution in [-0.2, 0) is 16.1 Å². The van der Waals surface area contributed by atoms with Gasteiger partial charge in [0, 0.05) is 34.8 Å². The average molecular weight is 667 g/mol. The zero-order chi connectivity index (χ0) is 34.1. The Morgan fingerprint density at radius 2 is 1.76 bits per heavy atom. The lowest BCUT2D eigenvalue weighted by atomic mass is 9.90. The van der Waals surface area contributed by atoms with Crippen LogP contribution in [0.1, 0.15) is 55.0 Å². The molecule has 3 heterocycles. The number of hydrogen-bond acceptors (Lipinski definition) is 7. The van der Waals surface area contributed by atoms with Crippen LogP contribution in [0, 0.1) is 11.3 Å². The molecule has 0 radical (unpaired) electrons. The summed E-state index contributed by atoms with van der Waals surface area (Å²) in [6.07, 6.45) is 5.23. The molecule has 49 heavy (non-hydrogen) atoms. The van der Waals surface area contributed by atoms with Crippen LogP contribution >= 0.6 is 11.3 Å². The monoisotopic (exact) mass is 666 g/mol. The van der Waals surface area contributed by atoms with Gasteiger partial charge in [-0.3, -0.25) is 9.36 Å². The number of carbonyl (C=O) groups is 1. The Kier molecular flexibility index (Phi) is 8.72. The maximum atomic E-state index is 14.7. The Morgan fingerprint density at radius 3 is 2.53 bits per heavy atom. The van der Waals surface area contributed by atoms with E-state index >= 15 is 0 Å². The van der Waals surface area contributed by atoms with E-state index in [2.05, 4.69) is 10.6 Å². The molecule has 1 atom stereocenters. The molecule has 2 aromatic heterocycles. The van der Waals surface area contributed by atoms with Gasteiger partial charge in [-0.25, -0.2) is 9.79 Å². The standard InChI is InChI=1S/C40H34N4O4S/c1-4-12-31-36(39(46)48-5-2)37(35-30-17-9-8-13-25(30)19-20-33(35)47-3)44-38(45)34(49-40(44)42-31)21-28-24-43(32-18-11-10-16-29(28)32)23-27-15-7-6-14-26(27)22-41/h6-11,13-21,24,37H,4-5,12,23H2,1-3H3/b34-21+/t37-/m0/s1. The largest absolute Gasteiger partial charge is 0.496 e. The van der Waals surface area contributed by atoms with Crippen LogP contribution in [0.15, 0.2) is 112 Å². The normalized spacial score (nSPS) is 14.5. The summed E-state index contributed by atoms with van der Waals surface area (Å²) < 4.78 is 15.8. The van der Waals surface area contributed by atoms with Gasteiger partial charge in [-0.2, -0.15) is 5.26 Å². The molecule has 4 aromatic carbocycles. The van der Waals surface area contributed by atoms with E-state index in [1.807, 2.05) is 104 Å². The van der Waals surface area contributed by atoms with Gasteiger partial charge in [0.25, 0.3) is 5.56 Å². The summed E-state index contributed by atoms with van der Waals surface area (Å²) in [6, 6.07) is 28.9. The lowest BCUT2D eigenvalue weighted by molar-refractivity contribution is -0.139. The number of aromatic nitrogens is 2. The van der Waals surface area contributed by atoms with Gasteiger partial charge in [-0.15, -0.1) is 0 Å². The van der Waals surface area contributed by atoms with E-state index < -0.39 is 12.0 Å². The number of benzene rings is 4. The van der Waals surface area contributed by atoms with Gasteiger partial charge in [0.05, 0.1) is 41.2 Å². The topological polar surface area (TPSA) is 98.6 Å². The minimum Gasteiger partial charge on any atom is -0.496 e. The molecule has 244 valence electrons. The second kappa shape index (κ2) is 13.4. The highest BCUT2D eigenvalue weighted by molar-refractivity contribution is 7.07. The zero-order valence-electron chi connectivity index (χ0n) is 27.5. The number of nitriles is 1. The Morgan fingerprint density at radius 1 is 1.00 bits per heavy atom. The van der Waals surface area contributed by atoms with Gasteiger partial charge in [0.1, 0.15) is 11.8 Å². The van der Waals surface area contributed by atoms with Gasteiger partial charge in [-0.1, -0.05) is 91.4 Å². The second-order valence-corrected chi connectivity index (χ2v) is 12.8. The fourth-order valence-electron chi connectivity index (χ4n) is 6.74. The summed E-state index contributed by atoms with van der Waals surface area (Å²) in [5.74, 6) is 0.0724. The number of para-hydroxylation sites is 1. The zero-order valence-corrected chi connectivity index (χ0v) is 28.3. The number of esters is 1. The third-order valence-electron chi connectivity index (χ3n) is 8.90. The minimum atomic E-state index is -0.816. The molecule has 0 saturated carbocycles. The maximum absolute atomic E-state index is 14.7. The lowest BCUT2D eigenvalue weighted by Crippen LogP contribution is -2.40. The number of ether oxygens (including phenoxy) is 2. The highest BCUT2D eigenvalue weighted by Gasteiger charge is 2.37. The van der Waals surface area contributed by atoms with Gasteiger partial charge in [0.2, 0.25) is 0 Å². The average Bonchev–Trinajstić information content (AvgIpc) is 3.63. The molecule has 0 unspecified atom stereocenters. The first-order valence-electron chi connectivity index (χ1n) is 16.3. The summed E-state index contributed by atoms with van der Waals surface area (Å²) in [6.45, 7) is 4.51. The first-order valence-corrected chi connectivity index (χ1v) is 17.1. The molecule has 0 spiro atoms. The van der Waals surface area contributed by atoms with Crippen LogP contribution in [0.25, 0.3) is 27.8 Å². The Balaban J connectivity index is 1.48. The molecule has 1 aliphatic heterocycles. The summed E-state index contributed by atoms with van der Waals surface area (Å²) >= 11 is 1.31. The Labute approximate surface area is 287 Å². The number of hydrogen-bond donors (Lipinski definition) is 0. The molecule has 0 fully saturated rings. The van der Waals surface area contributed by atoms with Crippen LogP contribution in [0.3, 0.4) is 0 Å². The van der Waals surface area contributed by atoms with Crippen molar-refractivity contribution in [1.29, 1.82) is 5.26 Å². The lowest BCUT2D eigenvalue weighted by Gasteiger charge is -2.28. The Hall–Kier alpha value is -5.72. The summed E-state index contributed by atoms with van der Waals surface area (Å²) in [7, 11) is 1.60. The van der Waals surface area contributed by atoms with Gasteiger partial charge in [-0.05, 0) is 54.0 Å². The number of allylic oxidation sites excluding steroid dienone is 1. The smallest absolute Gasteiger partial charge is 0.338 e. The van der Waals surface area contributed by atoms with E-state index in [4.69, 9.17) is 14.5 Å². The van der Waals surface area contributed by atoms with Crippen LogP contribution in [-0.4, -0.2) is 28.8 Å². The molecule has 0 bridgehead atoms. The summed E-state index contributed by atoms with van der Waals surface area (Å²) in [5, 5.41) is 12.5. The molecule has 0 N–H and O–H groups in total. The number of thiazole rings is 1. The molecule has 9 heteroatoms. The number of rotatable bonds is 9. The van der Waals surface area contributed by atoms with Crippen LogP contribution in [0.5, 0.6) is 5.75 Å². The summed E-state index contributed by atoms with van der Waals surface area (Å²) in [5.41, 5.74) is 4.82. The fraction of sp³-hybridized carbons (Fsp3) is 0.200. The molecule has 6 aromatic rings. The minimum absolute atomic E-state index is 0.189. The number of carbonyl (C=O) groups excluding carboxylic acids is 1. The van der Waals surface area contributed by atoms with Gasteiger partial charge >= 0.3 is 5.97 Å². The second-order valence-electron chi connectivity index (χ2n) is 11.8. The van der Waals surface area contributed by atoms with E-state index in [-0.39, 0.29) is 12.2 Å². The molecule has 7 rings (SSSR count). The Bertz CT molecular complexity index is 2510. The van der Waals surface area contributed by atoms with Crippen molar-refractivity contribution in [2.45, 2.75) is 39.3 Å². The maximum Gasteiger partial charge on any atom is 0.338 e. The van der Waals surface area contributed by atoms with Crippen molar-refractivity contribution >= 4 is 45.1 Å². The van der Waals surface area contributed by atoms with Crippen LogP contribution in [0.4, 0.5) is 0 Å². The third kappa shape index (κ3) is 5.64. The van der Waals surface area contributed by atoms with E-state index in [1.165, 1.54) is 11.3 Å². The first kappa shape index (κ1) is 31.9. The van der Waals surface area contributed by atoms with Crippen LogP contribution in [0.2, 0.25) is 0 Å². The predicted molar refractivity (Wildman–Crippen MR) is 192 cm³/mol. The summed E-state index contributed by atoms with van der Waals surface area (Å²) in [4.78, 5) is 34.0. The molecule has 8 nitrogen and oxygen atoms in total. The van der Waals surface area contributed by atoms with E-state index in [1.54, 1.807) is 18.6 Å². The van der Waals surface area contributed by atoms with E-state index in [0.29, 0.717) is 50.4 Å². The van der Waals surface area contributed by atoms with Gasteiger partial charge in [0.15, 0.2) is 4.80 Å². The first-order chi connectivity index (χ1) is 24.0. The van der Waals surface area contributed by atoms with Crippen molar-refractivity contribution in [3.63, 3.8) is 0 Å². The van der Waals surface area contributed by atoms with Crippen molar-refractivity contribution in [1.82, 2.24) is 9.13 Å². The number of methoxy groups -OCH3 is 1. The molecular formula is C40H34N4O4S. The highest BCUT2D eigenvalue weighted by atomic mass is 32.1. The predicted octanol–water partition coefficient (Wildman–Crippen LogP) is 6.61. The molecule has 0 amide bonds. The van der Waals surface area contributed by atoms with E-state index in [9.17, 15) is 14.9 Å². The van der Waals surface area contributed by atoms with Crippen molar-refractivity contribution in [3.05, 3.63) is 144 Å². The SMILES string of the molecule is CCCC1=C(C(=O)OCC)[C@H](c2c(OC)ccc3ccccc23)n2c(s/c(=C/c3cn(Cc4ccccc4C#N)c4ccccc34)c2=O)=N1. The van der Waals surface area contributed by atoms with Crippen molar-refractivity contribution in [2.75, 3.05) is 13.7 Å². The molecule has 0 aliphatic carbocycles. The molecule has 1 aliphatic rings. The van der Waals surface area contributed by atoms with Crippen molar-refractivity contribution in [3.8, 4) is 11.8 Å². The molecular weight excluding hydrogens is 633 g/mol. The number of nitrogens with zero attached hydrogens (tertiary/aromatic N) is 4.